The molecule has 0 aromatic carbocycles. The number of hydrogen-bond acceptors (Lipinski definition) is 5. The van der Waals surface area contributed by atoms with E-state index in [1.54, 1.807) is 17.8 Å². The van der Waals surface area contributed by atoms with Gasteiger partial charge in [0.25, 0.3) is 5.91 Å². The first-order valence-corrected chi connectivity index (χ1v) is 5.11. The number of aromatic amines is 1. The van der Waals surface area contributed by atoms with Crippen LogP contribution in [0.3, 0.4) is 0 Å². The second kappa shape index (κ2) is 4.32. The number of nitrogens with zero attached hydrogens (tertiary/aromatic N) is 5. The van der Waals surface area contributed by atoms with Crippen LogP contribution in [-0.2, 0) is 7.05 Å². The fourth-order valence-electron chi connectivity index (χ4n) is 1.45. The van der Waals surface area contributed by atoms with E-state index < -0.39 is 0 Å². The van der Waals surface area contributed by atoms with Crippen molar-refractivity contribution in [2.45, 2.75) is 19.9 Å². The minimum atomic E-state index is -0.343. The maximum atomic E-state index is 11.8. The third-order valence-electron chi connectivity index (χ3n) is 2.28. The van der Waals surface area contributed by atoms with Crippen LogP contribution in [0, 0.1) is 6.92 Å². The standard InChI is InChI=1S/C9H13N7O/c1-5(8-15-10-4-16(8)3)11-9(17)7-12-6(2)13-14-7/h4-5H,1-3H3,(H,11,17)(H,12,13,14). The maximum absolute atomic E-state index is 11.8. The van der Waals surface area contributed by atoms with Gasteiger partial charge in [0.15, 0.2) is 5.82 Å². The molecule has 2 aromatic heterocycles. The van der Waals surface area contributed by atoms with E-state index in [4.69, 9.17) is 0 Å². The van der Waals surface area contributed by atoms with Crippen LogP contribution in [-0.4, -0.2) is 35.9 Å². The summed E-state index contributed by atoms with van der Waals surface area (Å²) in [7, 11) is 1.81. The number of carbonyl (C=O) groups is 1. The van der Waals surface area contributed by atoms with Gasteiger partial charge in [0.1, 0.15) is 12.2 Å². The molecule has 8 heteroatoms. The van der Waals surface area contributed by atoms with Crippen LogP contribution in [0.2, 0.25) is 0 Å². The van der Waals surface area contributed by atoms with E-state index >= 15 is 0 Å². The first kappa shape index (κ1) is 11.2. The average molecular weight is 235 g/mol. The fourth-order valence-corrected chi connectivity index (χ4v) is 1.45. The lowest BCUT2D eigenvalue weighted by Crippen LogP contribution is -2.29. The number of aryl methyl sites for hydroxylation is 2. The van der Waals surface area contributed by atoms with E-state index in [1.165, 1.54) is 0 Å². The van der Waals surface area contributed by atoms with Crippen molar-refractivity contribution in [3.63, 3.8) is 0 Å². The second-order valence-corrected chi connectivity index (χ2v) is 3.74. The molecule has 0 saturated heterocycles. The molecule has 1 amide bonds. The van der Waals surface area contributed by atoms with Gasteiger partial charge in [-0.2, -0.15) is 0 Å². The van der Waals surface area contributed by atoms with E-state index in [2.05, 4.69) is 30.7 Å². The summed E-state index contributed by atoms with van der Waals surface area (Å²) in [5, 5.41) is 16.8. The monoisotopic (exact) mass is 235 g/mol. The molecular formula is C9H13N7O. The SMILES string of the molecule is Cc1nc(C(=O)NC(C)c2nncn2C)n[nH]1. The molecule has 17 heavy (non-hydrogen) atoms. The Balaban J connectivity index is 2.07. The van der Waals surface area contributed by atoms with Crippen molar-refractivity contribution in [1.82, 2.24) is 35.3 Å². The average Bonchev–Trinajstić information content (AvgIpc) is 2.86. The van der Waals surface area contributed by atoms with Crippen LogP contribution in [0.15, 0.2) is 6.33 Å². The Morgan fingerprint density at radius 1 is 1.59 bits per heavy atom. The molecule has 90 valence electrons. The van der Waals surface area contributed by atoms with Gasteiger partial charge in [0.05, 0.1) is 6.04 Å². The van der Waals surface area contributed by atoms with Crippen molar-refractivity contribution in [3.8, 4) is 0 Å². The van der Waals surface area contributed by atoms with E-state index in [1.807, 2.05) is 14.0 Å². The molecule has 0 spiro atoms. The highest BCUT2D eigenvalue weighted by Crippen LogP contribution is 2.07. The van der Waals surface area contributed by atoms with Crippen molar-refractivity contribution >= 4 is 5.91 Å². The minimum Gasteiger partial charge on any atom is -0.340 e. The van der Waals surface area contributed by atoms with Gasteiger partial charge in [-0.05, 0) is 13.8 Å². The van der Waals surface area contributed by atoms with Crippen molar-refractivity contribution in [2.75, 3.05) is 0 Å². The molecule has 0 bridgehead atoms. The Morgan fingerprint density at radius 3 is 2.88 bits per heavy atom. The highest BCUT2D eigenvalue weighted by atomic mass is 16.2. The molecule has 0 aliphatic rings. The van der Waals surface area contributed by atoms with Gasteiger partial charge in [0.2, 0.25) is 5.82 Å². The minimum absolute atomic E-state index is 0.122. The number of rotatable bonds is 3. The van der Waals surface area contributed by atoms with E-state index in [0.29, 0.717) is 11.6 Å². The molecule has 0 aliphatic carbocycles. The fraction of sp³-hybridized carbons (Fsp3) is 0.444. The van der Waals surface area contributed by atoms with Crippen molar-refractivity contribution in [1.29, 1.82) is 0 Å². The molecule has 0 radical (unpaired) electrons. The van der Waals surface area contributed by atoms with Crippen molar-refractivity contribution in [3.05, 3.63) is 23.8 Å². The molecule has 0 aliphatic heterocycles. The molecule has 0 saturated carbocycles. The van der Waals surface area contributed by atoms with Crippen LogP contribution in [0.1, 0.15) is 35.2 Å². The van der Waals surface area contributed by atoms with E-state index in [-0.39, 0.29) is 17.8 Å². The van der Waals surface area contributed by atoms with Crippen molar-refractivity contribution < 1.29 is 4.79 Å². The van der Waals surface area contributed by atoms with Crippen molar-refractivity contribution in [2.24, 2.45) is 7.05 Å². The summed E-state index contributed by atoms with van der Waals surface area (Å²) < 4.78 is 1.74. The molecule has 0 fully saturated rings. The van der Waals surface area contributed by atoms with Gasteiger partial charge in [-0.25, -0.2) is 4.98 Å². The Labute approximate surface area is 97.5 Å². The normalized spacial score (nSPS) is 12.4. The molecule has 2 aromatic rings. The first-order chi connectivity index (χ1) is 8.08. The summed E-state index contributed by atoms with van der Waals surface area (Å²) >= 11 is 0. The number of nitrogens with one attached hydrogen (secondary N) is 2. The van der Waals surface area contributed by atoms with Gasteiger partial charge in [-0.3, -0.25) is 9.89 Å². The van der Waals surface area contributed by atoms with Crippen LogP contribution >= 0.6 is 0 Å². The number of carbonyl (C=O) groups excluding carboxylic acids is 1. The predicted molar refractivity (Wildman–Crippen MR) is 58.0 cm³/mol. The smallest absolute Gasteiger partial charge is 0.291 e. The van der Waals surface area contributed by atoms with Gasteiger partial charge in [-0.15, -0.1) is 15.3 Å². The molecule has 2 rings (SSSR count). The lowest BCUT2D eigenvalue weighted by Gasteiger charge is -2.11. The third kappa shape index (κ3) is 2.30. The van der Waals surface area contributed by atoms with Gasteiger partial charge < -0.3 is 9.88 Å². The summed E-state index contributed by atoms with van der Waals surface area (Å²) in [5.74, 6) is 1.05. The zero-order valence-corrected chi connectivity index (χ0v) is 9.80. The number of hydrogen-bond donors (Lipinski definition) is 2. The quantitative estimate of drug-likeness (QED) is 0.762. The topological polar surface area (TPSA) is 101 Å². The van der Waals surface area contributed by atoms with Crippen LogP contribution in [0.25, 0.3) is 0 Å². The van der Waals surface area contributed by atoms with Crippen LogP contribution < -0.4 is 5.32 Å². The molecule has 2 N–H and O–H groups in total. The molecule has 1 unspecified atom stereocenters. The number of H-pyrrole nitrogens is 1. The molecule has 1 atom stereocenters. The summed E-state index contributed by atoms with van der Waals surface area (Å²) in [6.45, 7) is 3.55. The summed E-state index contributed by atoms with van der Waals surface area (Å²) in [6.07, 6.45) is 1.58. The highest BCUT2D eigenvalue weighted by molar-refractivity contribution is 5.90. The number of aromatic nitrogens is 6. The second-order valence-electron chi connectivity index (χ2n) is 3.74. The van der Waals surface area contributed by atoms with Crippen LogP contribution in [0.5, 0.6) is 0 Å². The molecule has 2 heterocycles. The summed E-state index contributed by atoms with van der Waals surface area (Å²) in [5.41, 5.74) is 0. The first-order valence-electron chi connectivity index (χ1n) is 5.11. The van der Waals surface area contributed by atoms with Gasteiger partial charge in [0, 0.05) is 7.05 Å². The zero-order valence-electron chi connectivity index (χ0n) is 9.80. The Bertz CT molecular complexity index is 529. The summed E-state index contributed by atoms with van der Waals surface area (Å²) in [4.78, 5) is 15.7. The van der Waals surface area contributed by atoms with Gasteiger partial charge >= 0.3 is 0 Å². The van der Waals surface area contributed by atoms with Crippen LogP contribution in [0.4, 0.5) is 0 Å². The lowest BCUT2D eigenvalue weighted by molar-refractivity contribution is 0.0927. The zero-order chi connectivity index (χ0) is 12.4. The lowest BCUT2D eigenvalue weighted by atomic mass is 10.3. The third-order valence-corrected chi connectivity index (χ3v) is 2.28. The molecule has 8 nitrogen and oxygen atoms in total. The summed E-state index contributed by atoms with van der Waals surface area (Å²) in [6, 6.07) is -0.256. The Hall–Kier alpha value is -2.25. The van der Waals surface area contributed by atoms with E-state index in [9.17, 15) is 4.79 Å². The van der Waals surface area contributed by atoms with E-state index in [0.717, 1.165) is 0 Å². The Morgan fingerprint density at radius 2 is 2.35 bits per heavy atom. The maximum Gasteiger partial charge on any atom is 0.291 e. The number of amides is 1. The molecular weight excluding hydrogens is 222 g/mol. The largest absolute Gasteiger partial charge is 0.340 e. The van der Waals surface area contributed by atoms with Gasteiger partial charge in [-0.1, -0.05) is 0 Å². The highest BCUT2D eigenvalue weighted by Gasteiger charge is 2.17. The predicted octanol–water partition coefficient (Wildman–Crippen LogP) is -0.267. The Kier molecular flexibility index (Phi) is 2.86.